The highest BCUT2D eigenvalue weighted by Gasteiger charge is 2.24. The second-order valence-corrected chi connectivity index (χ2v) is 17.3. The maximum atomic E-state index is 13.2. The van der Waals surface area contributed by atoms with Crippen LogP contribution in [-0.2, 0) is 14.3 Å². The Morgan fingerprint density at radius 1 is 0.492 bits per heavy atom. The summed E-state index contributed by atoms with van der Waals surface area (Å²) in [4.78, 5) is 26.1. The summed E-state index contributed by atoms with van der Waals surface area (Å²) in [5.41, 5.74) is 0. The SMILES string of the molecule is CC/C=C/C=C/C=C\CCCCCCCC(=O)OC(CCCCCCC/C=C/C=C/C=C/CC)CC(=O)NC(CO)C(O)CCCCCCCCCCCCCCCCCC. The van der Waals surface area contributed by atoms with Crippen molar-refractivity contribution >= 4 is 11.9 Å². The van der Waals surface area contributed by atoms with Crippen LogP contribution in [-0.4, -0.2) is 46.9 Å². The van der Waals surface area contributed by atoms with Crippen molar-refractivity contribution in [3.8, 4) is 0 Å². The van der Waals surface area contributed by atoms with Crippen LogP contribution in [0.5, 0.6) is 0 Å². The van der Waals surface area contributed by atoms with E-state index in [4.69, 9.17) is 4.74 Å². The second-order valence-electron chi connectivity index (χ2n) is 17.3. The normalized spacial score (nSPS) is 13.9. The molecule has 0 aliphatic rings. The van der Waals surface area contributed by atoms with E-state index >= 15 is 0 Å². The third kappa shape index (κ3) is 43.7. The zero-order chi connectivity index (χ0) is 44.5. The number of carbonyl (C=O) groups excluding carboxylic acids is 2. The van der Waals surface area contributed by atoms with Gasteiger partial charge in [0.15, 0.2) is 0 Å². The Balaban J connectivity index is 4.59. The van der Waals surface area contributed by atoms with E-state index in [0.29, 0.717) is 19.3 Å². The van der Waals surface area contributed by atoms with Crippen LogP contribution in [0.3, 0.4) is 0 Å². The summed E-state index contributed by atoms with van der Waals surface area (Å²) in [7, 11) is 0. The third-order valence-electron chi connectivity index (χ3n) is 11.4. The Bertz CT molecular complexity index is 1140. The van der Waals surface area contributed by atoms with Crippen molar-refractivity contribution in [3.63, 3.8) is 0 Å². The molecule has 0 saturated carbocycles. The van der Waals surface area contributed by atoms with Crippen LogP contribution < -0.4 is 5.32 Å². The van der Waals surface area contributed by atoms with Gasteiger partial charge in [-0.25, -0.2) is 0 Å². The Kier molecular flexibility index (Phi) is 46.2. The number of unbranched alkanes of at least 4 members (excludes halogenated alkanes) is 25. The minimum Gasteiger partial charge on any atom is -0.462 e. The molecule has 0 bridgehead atoms. The van der Waals surface area contributed by atoms with Gasteiger partial charge in [0.2, 0.25) is 5.91 Å². The van der Waals surface area contributed by atoms with Crippen molar-refractivity contribution in [2.75, 3.05) is 6.61 Å². The average molecular weight is 852 g/mol. The first-order valence-corrected chi connectivity index (χ1v) is 25.7. The highest BCUT2D eigenvalue weighted by Crippen LogP contribution is 2.18. The van der Waals surface area contributed by atoms with Gasteiger partial charge in [-0.2, -0.15) is 0 Å². The molecular formula is C55H97NO5. The van der Waals surface area contributed by atoms with E-state index in [1.165, 1.54) is 83.5 Å². The van der Waals surface area contributed by atoms with E-state index in [1.807, 2.05) is 0 Å². The fourth-order valence-corrected chi connectivity index (χ4v) is 7.55. The Hall–Kier alpha value is -2.70. The molecule has 0 saturated heterocycles. The highest BCUT2D eigenvalue weighted by molar-refractivity contribution is 5.77. The van der Waals surface area contributed by atoms with E-state index in [1.54, 1.807) is 0 Å². The summed E-state index contributed by atoms with van der Waals surface area (Å²) < 4.78 is 5.91. The van der Waals surface area contributed by atoms with E-state index in [2.05, 4.69) is 99.0 Å². The number of allylic oxidation sites excluding steroid dienone is 12. The number of aliphatic hydroxyl groups excluding tert-OH is 2. The minimum absolute atomic E-state index is 0.0529. The Morgan fingerprint density at radius 3 is 1.33 bits per heavy atom. The van der Waals surface area contributed by atoms with Crippen molar-refractivity contribution < 1.29 is 24.5 Å². The van der Waals surface area contributed by atoms with Crippen molar-refractivity contribution in [2.45, 2.75) is 257 Å². The van der Waals surface area contributed by atoms with E-state index in [0.717, 1.165) is 109 Å². The van der Waals surface area contributed by atoms with Gasteiger partial charge in [-0.05, 0) is 64.2 Å². The average Bonchev–Trinajstić information content (AvgIpc) is 3.25. The molecule has 0 aliphatic heterocycles. The minimum atomic E-state index is -0.800. The molecule has 3 N–H and O–H groups in total. The smallest absolute Gasteiger partial charge is 0.306 e. The third-order valence-corrected chi connectivity index (χ3v) is 11.4. The first kappa shape index (κ1) is 58.3. The monoisotopic (exact) mass is 852 g/mol. The molecule has 0 aromatic carbocycles. The van der Waals surface area contributed by atoms with Crippen LogP contribution in [0.1, 0.15) is 239 Å². The number of hydrogen-bond acceptors (Lipinski definition) is 5. The number of rotatable bonds is 45. The lowest BCUT2D eigenvalue weighted by molar-refractivity contribution is -0.151. The second kappa shape index (κ2) is 48.3. The van der Waals surface area contributed by atoms with Crippen LogP contribution in [0.25, 0.3) is 0 Å². The molecule has 1 amide bonds. The van der Waals surface area contributed by atoms with Gasteiger partial charge in [-0.3, -0.25) is 9.59 Å². The molecule has 352 valence electrons. The number of esters is 1. The first-order valence-electron chi connectivity index (χ1n) is 25.7. The van der Waals surface area contributed by atoms with E-state index < -0.39 is 18.2 Å². The van der Waals surface area contributed by atoms with E-state index in [-0.39, 0.29) is 24.9 Å². The highest BCUT2D eigenvalue weighted by atomic mass is 16.5. The number of amides is 1. The number of hydrogen-bond donors (Lipinski definition) is 3. The van der Waals surface area contributed by atoms with Crippen molar-refractivity contribution in [1.82, 2.24) is 5.32 Å². The number of nitrogens with one attached hydrogen (secondary N) is 1. The van der Waals surface area contributed by atoms with Gasteiger partial charge in [-0.15, -0.1) is 0 Å². The molecule has 0 heterocycles. The molecule has 0 aliphatic carbocycles. The fourth-order valence-electron chi connectivity index (χ4n) is 7.55. The lowest BCUT2D eigenvalue weighted by Crippen LogP contribution is -2.46. The summed E-state index contributed by atoms with van der Waals surface area (Å²) in [6, 6.07) is -0.715. The summed E-state index contributed by atoms with van der Waals surface area (Å²) in [5, 5.41) is 23.8. The van der Waals surface area contributed by atoms with Crippen molar-refractivity contribution in [1.29, 1.82) is 0 Å². The van der Waals surface area contributed by atoms with Gasteiger partial charge in [-0.1, -0.05) is 235 Å². The van der Waals surface area contributed by atoms with Crippen LogP contribution in [0.15, 0.2) is 72.9 Å². The van der Waals surface area contributed by atoms with Gasteiger partial charge in [0.25, 0.3) is 0 Å². The van der Waals surface area contributed by atoms with E-state index in [9.17, 15) is 19.8 Å². The van der Waals surface area contributed by atoms with Crippen molar-refractivity contribution in [2.24, 2.45) is 0 Å². The van der Waals surface area contributed by atoms with Gasteiger partial charge in [0, 0.05) is 6.42 Å². The molecule has 6 nitrogen and oxygen atoms in total. The molecule has 61 heavy (non-hydrogen) atoms. The van der Waals surface area contributed by atoms with Gasteiger partial charge in [0.1, 0.15) is 6.10 Å². The topological polar surface area (TPSA) is 95.9 Å². The van der Waals surface area contributed by atoms with Crippen LogP contribution in [0.2, 0.25) is 0 Å². The van der Waals surface area contributed by atoms with Crippen LogP contribution in [0.4, 0.5) is 0 Å². The molecular weight excluding hydrogens is 755 g/mol. The zero-order valence-electron chi connectivity index (χ0n) is 40.0. The lowest BCUT2D eigenvalue weighted by Gasteiger charge is -2.24. The van der Waals surface area contributed by atoms with Gasteiger partial charge < -0.3 is 20.3 Å². The number of carbonyl (C=O) groups is 2. The maximum absolute atomic E-state index is 13.2. The largest absolute Gasteiger partial charge is 0.462 e. The molecule has 3 unspecified atom stereocenters. The van der Waals surface area contributed by atoms with Gasteiger partial charge in [0.05, 0.1) is 25.2 Å². The number of ether oxygens (including phenoxy) is 1. The predicted molar refractivity (Wildman–Crippen MR) is 264 cm³/mol. The number of aliphatic hydroxyl groups is 2. The van der Waals surface area contributed by atoms with Crippen LogP contribution in [0, 0.1) is 0 Å². The Morgan fingerprint density at radius 2 is 0.885 bits per heavy atom. The van der Waals surface area contributed by atoms with Gasteiger partial charge >= 0.3 is 5.97 Å². The molecule has 0 spiro atoms. The summed E-state index contributed by atoms with van der Waals surface area (Å²) in [6.07, 6.45) is 61.0. The van der Waals surface area contributed by atoms with Crippen LogP contribution >= 0.6 is 0 Å². The first-order chi connectivity index (χ1) is 30.0. The summed E-state index contributed by atoms with van der Waals surface area (Å²) in [6.45, 7) is 6.21. The maximum Gasteiger partial charge on any atom is 0.306 e. The summed E-state index contributed by atoms with van der Waals surface area (Å²) in [5.74, 6) is -0.520. The quantitative estimate of drug-likeness (QED) is 0.0322. The molecule has 0 fully saturated rings. The summed E-state index contributed by atoms with van der Waals surface area (Å²) >= 11 is 0. The molecule has 0 radical (unpaired) electrons. The zero-order valence-corrected chi connectivity index (χ0v) is 40.0. The fraction of sp³-hybridized carbons (Fsp3) is 0.745. The lowest BCUT2D eigenvalue weighted by atomic mass is 10.0. The standard InChI is InChI=1S/C55H97NO5/c1-4-7-10-13-16-19-22-25-26-27-30-32-35-38-41-44-47-53(58)52(50-57)56-54(59)49-51(46-43-40-37-34-31-28-23-20-17-14-11-8-5-2)61-55(60)48-45-42-39-36-33-29-24-21-18-15-12-9-6-3/h8-9,11-12,14-15,17-18,20-21,23-24,51-53,57-58H,4-7,10,13,16,19,22,25-50H2,1-3H3,(H,56,59)/b11-8+,12-9+,17-14+,18-15+,23-20+,24-21-. The Labute approximate surface area is 377 Å². The van der Waals surface area contributed by atoms with Crippen molar-refractivity contribution in [3.05, 3.63) is 72.9 Å². The predicted octanol–water partition coefficient (Wildman–Crippen LogP) is 15.4. The molecule has 3 atom stereocenters. The molecule has 6 heteroatoms. The molecule has 0 rings (SSSR count). The molecule has 0 aromatic rings. The molecule has 0 aromatic heterocycles.